The van der Waals surface area contributed by atoms with Gasteiger partial charge in [-0.15, -0.1) is 5.10 Å². The van der Waals surface area contributed by atoms with E-state index in [1.807, 2.05) is 32.2 Å². The Morgan fingerprint density at radius 2 is 2.25 bits per heavy atom. The molecular weight excluding hydrogens is 224 g/mol. The first-order chi connectivity index (χ1) is 7.66. The van der Waals surface area contributed by atoms with Crippen molar-refractivity contribution in [3.63, 3.8) is 0 Å². The number of nitrogens with zero attached hydrogens (tertiary/aromatic N) is 3. The third-order valence-corrected chi connectivity index (χ3v) is 2.86. The summed E-state index contributed by atoms with van der Waals surface area (Å²) < 4.78 is 1.74. The summed E-state index contributed by atoms with van der Waals surface area (Å²) in [6, 6.07) is 5.91. The number of hydrogen-bond acceptors (Lipinski definition) is 3. The van der Waals surface area contributed by atoms with E-state index in [0.717, 1.165) is 22.0 Å². The van der Waals surface area contributed by atoms with E-state index in [4.69, 9.17) is 11.6 Å². The normalized spacial score (nSPS) is 10.4. The van der Waals surface area contributed by atoms with Gasteiger partial charge >= 0.3 is 0 Å². The second kappa shape index (κ2) is 4.53. The lowest BCUT2D eigenvalue weighted by Crippen LogP contribution is -2.05. The Balaban J connectivity index is 2.05. The van der Waals surface area contributed by atoms with Gasteiger partial charge in [0.15, 0.2) is 0 Å². The summed E-state index contributed by atoms with van der Waals surface area (Å²) in [5.41, 5.74) is 3.10. The summed E-state index contributed by atoms with van der Waals surface area (Å²) >= 11 is 6.04. The van der Waals surface area contributed by atoms with Gasteiger partial charge in [0.2, 0.25) is 0 Å². The van der Waals surface area contributed by atoms with Crippen molar-refractivity contribution in [1.29, 1.82) is 0 Å². The van der Waals surface area contributed by atoms with Gasteiger partial charge in [-0.25, -0.2) is 0 Å². The quantitative estimate of drug-likeness (QED) is 0.890. The molecule has 2 rings (SSSR count). The van der Waals surface area contributed by atoms with E-state index in [9.17, 15) is 0 Å². The molecule has 0 spiro atoms. The molecule has 0 aliphatic carbocycles. The van der Waals surface area contributed by atoms with Crippen molar-refractivity contribution < 1.29 is 0 Å². The summed E-state index contributed by atoms with van der Waals surface area (Å²) in [5.74, 6) is 0. The van der Waals surface area contributed by atoms with E-state index >= 15 is 0 Å². The molecule has 16 heavy (non-hydrogen) atoms. The number of aromatic nitrogens is 3. The molecule has 0 aliphatic rings. The first-order valence-corrected chi connectivity index (χ1v) is 5.38. The van der Waals surface area contributed by atoms with Crippen LogP contribution in [0.15, 0.2) is 24.4 Å². The topological polar surface area (TPSA) is 42.7 Å². The molecule has 0 radical (unpaired) electrons. The monoisotopic (exact) mass is 236 g/mol. The van der Waals surface area contributed by atoms with Crippen LogP contribution in [0.4, 0.5) is 5.69 Å². The number of halogens is 1. The molecule has 84 valence electrons. The number of anilines is 1. The first kappa shape index (κ1) is 11.0. The molecule has 1 heterocycles. The number of aryl methyl sites for hydroxylation is 2. The fraction of sp³-hybridized carbons (Fsp3) is 0.273. The molecule has 0 saturated carbocycles. The number of rotatable bonds is 3. The van der Waals surface area contributed by atoms with Gasteiger partial charge in [-0.2, -0.15) is 0 Å². The molecule has 5 heteroatoms. The second-order valence-electron chi connectivity index (χ2n) is 3.67. The lowest BCUT2D eigenvalue weighted by atomic mass is 10.2. The predicted molar refractivity (Wildman–Crippen MR) is 64.5 cm³/mol. The highest BCUT2D eigenvalue weighted by atomic mass is 35.5. The average Bonchev–Trinajstić information content (AvgIpc) is 2.66. The van der Waals surface area contributed by atoms with E-state index in [-0.39, 0.29) is 0 Å². The summed E-state index contributed by atoms with van der Waals surface area (Å²) in [4.78, 5) is 0. The molecular formula is C11H13ClN4. The third kappa shape index (κ3) is 2.33. The van der Waals surface area contributed by atoms with Gasteiger partial charge in [0, 0.05) is 17.8 Å². The minimum atomic E-state index is 0.683. The Morgan fingerprint density at radius 1 is 1.44 bits per heavy atom. The van der Waals surface area contributed by atoms with Crippen LogP contribution in [-0.4, -0.2) is 15.0 Å². The molecule has 0 bridgehead atoms. The van der Waals surface area contributed by atoms with Crippen molar-refractivity contribution >= 4 is 17.3 Å². The maximum atomic E-state index is 6.04. The lowest BCUT2D eigenvalue weighted by molar-refractivity contribution is 0.683. The van der Waals surface area contributed by atoms with E-state index in [1.165, 1.54) is 0 Å². The fourth-order valence-electron chi connectivity index (χ4n) is 1.37. The largest absolute Gasteiger partial charge is 0.379 e. The van der Waals surface area contributed by atoms with Crippen LogP contribution in [0.2, 0.25) is 5.02 Å². The van der Waals surface area contributed by atoms with E-state index in [2.05, 4.69) is 15.6 Å². The molecule has 0 aliphatic heterocycles. The van der Waals surface area contributed by atoms with Crippen LogP contribution < -0.4 is 5.32 Å². The molecule has 0 saturated heterocycles. The Kier molecular flexibility index (Phi) is 3.10. The number of nitrogens with one attached hydrogen (secondary N) is 1. The van der Waals surface area contributed by atoms with Crippen LogP contribution in [0.3, 0.4) is 0 Å². The Labute approximate surface area is 99.2 Å². The Hall–Kier alpha value is -1.55. The highest BCUT2D eigenvalue weighted by Crippen LogP contribution is 2.20. The van der Waals surface area contributed by atoms with Crippen molar-refractivity contribution in [3.8, 4) is 0 Å². The molecule has 1 aromatic heterocycles. The zero-order valence-corrected chi connectivity index (χ0v) is 9.99. The van der Waals surface area contributed by atoms with E-state index < -0.39 is 0 Å². The molecule has 0 atom stereocenters. The van der Waals surface area contributed by atoms with Gasteiger partial charge in [-0.1, -0.05) is 22.9 Å². The van der Waals surface area contributed by atoms with Crippen molar-refractivity contribution in [2.24, 2.45) is 7.05 Å². The van der Waals surface area contributed by atoms with Crippen molar-refractivity contribution in [3.05, 3.63) is 40.7 Å². The molecule has 0 fully saturated rings. The van der Waals surface area contributed by atoms with Gasteiger partial charge in [0.05, 0.1) is 18.4 Å². The van der Waals surface area contributed by atoms with Gasteiger partial charge in [0.1, 0.15) is 0 Å². The standard InChI is InChI=1S/C11H13ClN4/c1-8-3-4-9(5-11(8)12)13-6-10-7-14-15-16(10)2/h3-5,7,13H,6H2,1-2H3. The smallest absolute Gasteiger partial charge is 0.0774 e. The highest BCUT2D eigenvalue weighted by Gasteiger charge is 2.01. The first-order valence-electron chi connectivity index (χ1n) is 5.00. The highest BCUT2D eigenvalue weighted by molar-refractivity contribution is 6.31. The Morgan fingerprint density at radius 3 is 2.88 bits per heavy atom. The van der Waals surface area contributed by atoms with Gasteiger partial charge in [0.25, 0.3) is 0 Å². The second-order valence-corrected chi connectivity index (χ2v) is 4.07. The van der Waals surface area contributed by atoms with Gasteiger partial charge in [-0.3, -0.25) is 4.68 Å². The van der Waals surface area contributed by atoms with Crippen molar-refractivity contribution in [2.45, 2.75) is 13.5 Å². The van der Waals surface area contributed by atoms with Crippen LogP contribution in [0.1, 0.15) is 11.3 Å². The number of benzene rings is 1. The minimum absolute atomic E-state index is 0.683. The SMILES string of the molecule is Cc1ccc(NCc2cnnn2C)cc1Cl. The summed E-state index contributed by atoms with van der Waals surface area (Å²) in [6.07, 6.45) is 1.74. The van der Waals surface area contributed by atoms with Crippen LogP contribution in [0.5, 0.6) is 0 Å². The summed E-state index contributed by atoms with van der Waals surface area (Å²) in [6.45, 7) is 2.67. The van der Waals surface area contributed by atoms with Crippen molar-refractivity contribution in [2.75, 3.05) is 5.32 Å². The minimum Gasteiger partial charge on any atom is -0.379 e. The average molecular weight is 237 g/mol. The predicted octanol–water partition coefficient (Wildman–Crippen LogP) is 2.39. The van der Waals surface area contributed by atoms with Gasteiger partial charge in [-0.05, 0) is 24.6 Å². The van der Waals surface area contributed by atoms with Crippen LogP contribution in [0.25, 0.3) is 0 Å². The molecule has 1 N–H and O–H groups in total. The maximum Gasteiger partial charge on any atom is 0.0774 e. The fourth-order valence-corrected chi connectivity index (χ4v) is 1.55. The maximum absolute atomic E-state index is 6.04. The lowest BCUT2D eigenvalue weighted by Gasteiger charge is -2.07. The van der Waals surface area contributed by atoms with E-state index in [1.54, 1.807) is 10.9 Å². The third-order valence-electron chi connectivity index (χ3n) is 2.45. The summed E-state index contributed by atoms with van der Waals surface area (Å²) in [7, 11) is 1.87. The van der Waals surface area contributed by atoms with E-state index in [0.29, 0.717) is 6.54 Å². The molecule has 1 aromatic carbocycles. The summed E-state index contributed by atoms with van der Waals surface area (Å²) in [5, 5.41) is 11.7. The van der Waals surface area contributed by atoms with Gasteiger partial charge < -0.3 is 5.32 Å². The molecule has 0 amide bonds. The Bertz CT molecular complexity index is 492. The van der Waals surface area contributed by atoms with Crippen molar-refractivity contribution in [1.82, 2.24) is 15.0 Å². The van der Waals surface area contributed by atoms with Crippen LogP contribution in [-0.2, 0) is 13.6 Å². The zero-order chi connectivity index (χ0) is 11.5. The molecule has 4 nitrogen and oxygen atoms in total. The molecule has 0 unspecified atom stereocenters. The van der Waals surface area contributed by atoms with Crippen LogP contribution >= 0.6 is 11.6 Å². The van der Waals surface area contributed by atoms with Crippen LogP contribution in [0, 0.1) is 6.92 Å². The number of hydrogen-bond donors (Lipinski definition) is 1. The zero-order valence-electron chi connectivity index (χ0n) is 9.24. The molecule has 2 aromatic rings.